The summed E-state index contributed by atoms with van der Waals surface area (Å²) in [6, 6.07) is 11.9. The summed E-state index contributed by atoms with van der Waals surface area (Å²) in [5, 5.41) is 17.7. The molecule has 7 heteroatoms. The van der Waals surface area contributed by atoms with Gasteiger partial charge in [0.15, 0.2) is 11.8 Å². The summed E-state index contributed by atoms with van der Waals surface area (Å²) in [6.07, 6.45) is 2.28. The van der Waals surface area contributed by atoms with Gasteiger partial charge >= 0.3 is 5.97 Å². The van der Waals surface area contributed by atoms with Crippen LogP contribution in [0.25, 0.3) is 0 Å². The fourth-order valence-electron chi connectivity index (χ4n) is 2.24. The van der Waals surface area contributed by atoms with Gasteiger partial charge in [-0.1, -0.05) is 42.1 Å². The first-order chi connectivity index (χ1) is 11.3. The molecule has 118 valence electrons. The number of carbonyl (C=O) groups is 1. The van der Waals surface area contributed by atoms with Crippen LogP contribution in [0.1, 0.15) is 30.1 Å². The van der Waals surface area contributed by atoms with Crippen molar-refractivity contribution in [1.82, 2.24) is 14.8 Å². The number of aromatic nitrogens is 3. The van der Waals surface area contributed by atoms with Crippen LogP contribution in [0.4, 0.5) is 0 Å². The minimum absolute atomic E-state index is 0.124. The Bertz CT molecular complexity index is 719. The van der Waals surface area contributed by atoms with Crippen LogP contribution in [-0.2, 0) is 16.1 Å². The van der Waals surface area contributed by atoms with Gasteiger partial charge in [-0.05, 0) is 18.4 Å². The fraction of sp³-hybridized carbons (Fsp3) is 0.375. The van der Waals surface area contributed by atoms with Crippen molar-refractivity contribution in [3.8, 4) is 6.07 Å². The Kier molecular flexibility index (Phi) is 4.93. The monoisotopic (exact) mass is 328 g/mol. The van der Waals surface area contributed by atoms with Crippen molar-refractivity contribution in [2.24, 2.45) is 0 Å². The van der Waals surface area contributed by atoms with Gasteiger partial charge in [0.05, 0.1) is 12.3 Å². The van der Waals surface area contributed by atoms with Crippen molar-refractivity contribution in [3.05, 3.63) is 41.7 Å². The van der Waals surface area contributed by atoms with Gasteiger partial charge in [0, 0.05) is 5.92 Å². The van der Waals surface area contributed by atoms with E-state index in [0.717, 1.165) is 18.7 Å². The summed E-state index contributed by atoms with van der Waals surface area (Å²) in [4.78, 5) is 11.5. The lowest BCUT2D eigenvalue weighted by molar-refractivity contribution is -0.139. The number of nitrogens with zero attached hydrogens (tertiary/aromatic N) is 4. The topological polar surface area (TPSA) is 80.8 Å². The first kappa shape index (κ1) is 15.6. The molecule has 1 heterocycles. The second kappa shape index (κ2) is 7.29. The van der Waals surface area contributed by atoms with E-state index in [2.05, 4.69) is 26.9 Å². The number of hydrogen-bond donors (Lipinski definition) is 0. The molecule has 0 saturated heterocycles. The number of nitriles is 1. The highest BCUT2D eigenvalue weighted by atomic mass is 32.2. The van der Waals surface area contributed by atoms with Gasteiger partial charge in [-0.2, -0.15) is 5.26 Å². The Morgan fingerprint density at radius 1 is 1.35 bits per heavy atom. The molecule has 1 aliphatic carbocycles. The minimum atomic E-state index is -0.418. The van der Waals surface area contributed by atoms with Gasteiger partial charge in [0.25, 0.3) is 0 Å². The molecule has 0 bridgehead atoms. The highest BCUT2D eigenvalue weighted by molar-refractivity contribution is 7.99. The molecular weight excluding hydrogens is 312 g/mol. The molecular formula is C16H16N4O2S. The van der Waals surface area contributed by atoms with E-state index in [1.807, 2.05) is 18.2 Å². The first-order valence-electron chi connectivity index (χ1n) is 7.40. The highest BCUT2D eigenvalue weighted by Gasteiger charge is 2.30. The Labute approximate surface area is 138 Å². The quantitative estimate of drug-likeness (QED) is 0.573. The van der Waals surface area contributed by atoms with Gasteiger partial charge in [0.2, 0.25) is 0 Å². The number of rotatable bonds is 7. The molecule has 0 N–H and O–H groups in total. The summed E-state index contributed by atoms with van der Waals surface area (Å²) in [7, 11) is 0. The van der Waals surface area contributed by atoms with E-state index in [-0.39, 0.29) is 12.4 Å². The molecule has 0 aliphatic heterocycles. The number of esters is 1. The average Bonchev–Trinajstić information content (AvgIpc) is 3.34. The first-order valence-corrected chi connectivity index (χ1v) is 8.39. The summed E-state index contributed by atoms with van der Waals surface area (Å²) >= 11 is 1.30. The maximum Gasteiger partial charge on any atom is 0.317 e. The van der Waals surface area contributed by atoms with Crippen LogP contribution in [0.5, 0.6) is 0 Å². The van der Waals surface area contributed by atoms with Crippen LogP contribution in [0, 0.1) is 11.3 Å². The zero-order valence-corrected chi connectivity index (χ0v) is 13.3. The van der Waals surface area contributed by atoms with Crippen LogP contribution in [0.15, 0.2) is 35.5 Å². The molecule has 3 rings (SSSR count). The molecule has 1 saturated carbocycles. The second-order valence-electron chi connectivity index (χ2n) is 5.29. The summed E-state index contributed by atoms with van der Waals surface area (Å²) in [6.45, 7) is 0.471. The maximum atomic E-state index is 11.5. The van der Waals surface area contributed by atoms with Crippen molar-refractivity contribution in [2.75, 3.05) is 12.4 Å². The molecule has 6 nitrogen and oxygen atoms in total. The SMILES string of the molecule is N#CCOC(=O)CSc1nnc(C2CC2)n1Cc1ccccc1. The third-order valence-corrected chi connectivity index (χ3v) is 4.43. The molecule has 0 unspecified atom stereocenters. The molecule has 1 aliphatic rings. The Balaban J connectivity index is 1.72. The van der Waals surface area contributed by atoms with E-state index >= 15 is 0 Å². The van der Waals surface area contributed by atoms with Gasteiger partial charge in [-0.15, -0.1) is 10.2 Å². The maximum absolute atomic E-state index is 11.5. The number of hydrogen-bond acceptors (Lipinski definition) is 6. The molecule has 1 aromatic heterocycles. The van der Waals surface area contributed by atoms with E-state index in [1.54, 1.807) is 6.07 Å². The molecule has 0 spiro atoms. The predicted molar refractivity (Wildman–Crippen MR) is 84.8 cm³/mol. The molecule has 0 atom stereocenters. The van der Waals surface area contributed by atoms with Crippen molar-refractivity contribution in [3.63, 3.8) is 0 Å². The van der Waals surface area contributed by atoms with Gasteiger partial charge in [0.1, 0.15) is 11.9 Å². The van der Waals surface area contributed by atoms with E-state index < -0.39 is 5.97 Å². The summed E-state index contributed by atoms with van der Waals surface area (Å²) in [5.41, 5.74) is 1.17. The van der Waals surface area contributed by atoms with Crippen LogP contribution in [-0.4, -0.2) is 33.1 Å². The predicted octanol–water partition coefficient (Wildman–Crippen LogP) is 2.36. The normalized spacial score (nSPS) is 13.5. The van der Waals surface area contributed by atoms with Gasteiger partial charge < -0.3 is 9.30 Å². The van der Waals surface area contributed by atoms with Crippen LogP contribution in [0.3, 0.4) is 0 Å². The lowest BCUT2D eigenvalue weighted by Crippen LogP contribution is -2.10. The van der Waals surface area contributed by atoms with Crippen LogP contribution >= 0.6 is 11.8 Å². The smallest absolute Gasteiger partial charge is 0.317 e. The third-order valence-electron chi connectivity index (χ3n) is 3.49. The van der Waals surface area contributed by atoms with E-state index in [9.17, 15) is 4.79 Å². The highest BCUT2D eigenvalue weighted by Crippen LogP contribution is 2.40. The zero-order valence-electron chi connectivity index (χ0n) is 12.5. The molecule has 2 aromatic rings. The Hall–Kier alpha value is -2.33. The second-order valence-corrected chi connectivity index (χ2v) is 6.24. The number of benzene rings is 1. The van der Waals surface area contributed by atoms with E-state index in [0.29, 0.717) is 17.6 Å². The zero-order chi connectivity index (χ0) is 16.1. The number of ether oxygens (including phenoxy) is 1. The van der Waals surface area contributed by atoms with Crippen molar-refractivity contribution >= 4 is 17.7 Å². The Morgan fingerprint density at radius 2 is 2.13 bits per heavy atom. The summed E-state index contributed by atoms with van der Waals surface area (Å²) < 4.78 is 6.84. The average molecular weight is 328 g/mol. The van der Waals surface area contributed by atoms with Crippen LogP contribution in [0.2, 0.25) is 0 Å². The minimum Gasteiger partial charge on any atom is -0.450 e. The molecule has 23 heavy (non-hydrogen) atoms. The van der Waals surface area contributed by atoms with E-state index in [1.165, 1.54) is 17.3 Å². The molecule has 0 amide bonds. The van der Waals surface area contributed by atoms with E-state index in [4.69, 9.17) is 10.00 Å². The molecule has 0 radical (unpaired) electrons. The lowest BCUT2D eigenvalue weighted by Gasteiger charge is -2.09. The number of carbonyl (C=O) groups excluding carboxylic acids is 1. The van der Waals surface area contributed by atoms with Crippen molar-refractivity contribution < 1.29 is 9.53 Å². The van der Waals surface area contributed by atoms with Crippen molar-refractivity contribution in [1.29, 1.82) is 5.26 Å². The summed E-state index contributed by atoms with van der Waals surface area (Å²) in [5.74, 6) is 1.17. The third kappa shape index (κ3) is 4.11. The lowest BCUT2D eigenvalue weighted by atomic mass is 10.2. The van der Waals surface area contributed by atoms with Crippen molar-refractivity contribution in [2.45, 2.75) is 30.5 Å². The largest absolute Gasteiger partial charge is 0.450 e. The molecule has 1 aromatic carbocycles. The van der Waals surface area contributed by atoms with Gasteiger partial charge in [-0.3, -0.25) is 4.79 Å². The van der Waals surface area contributed by atoms with Gasteiger partial charge in [-0.25, -0.2) is 0 Å². The number of thioether (sulfide) groups is 1. The molecule has 1 fully saturated rings. The fourth-order valence-corrected chi connectivity index (χ4v) is 2.99. The Morgan fingerprint density at radius 3 is 2.83 bits per heavy atom. The van der Waals surface area contributed by atoms with Crippen LogP contribution < -0.4 is 0 Å². The standard InChI is InChI=1S/C16H16N4O2S/c17-8-9-22-14(21)11-23-16-19-18-15(13-6-7-13)20(16)10-12-4-2-1-3-5-12/h1-5,13H,6-7,9-11H2.